The molecule has 0 aliphatic rings. The molecular formula is C58H39NO. The predicted molar refractivity (Wildman–Crippen MR) is 253 cm³/mol. The Labute approximate surface area is 349 Å². The molecule has 0 saturated carbocycles. The Bertz CT molecular complexity index is 3250. The van der Waals surface area contributed by atoms with E-state index >= 15 is 0 Å². The summed E-state index contributed by atoms with van der Waals surface area (Å²) in [5, 5.41) is 4.74. The van der Waals surface area contributed by atoms with Crippen LogP contribution >= 0.6 is 0 Å². The van der Waals surface area contributed by atoms with Gasteiger partial charge in [-0.25, -0.2) is 0 Å². The summed E-state index contributed by atoms with van der Waals surface area (Å²) >= 11 is 0. The van der Waals surface area contributed by atoms with E-state index in [9.17, 15) is 0 Å². The summed E-state index contributed by atoms with van der Waals surface area (Å²) in [4.78, 5) is 2.34. The summed E-state index contributed by atoms with van der Waals surface area (Å²) in [5.41, 5.74) is 16.9. The first-order valence-corrected chi connectivity index (χ1v) is 20.5. The summed E-state index contributed by atoms with van der Waals surface area (Å²) in [6.07, 6.45) is 0. The van der Waals surface area contributed by atoms with Crippen molar-refractivity contribution < 1.29 is 4.42 Å². The number of para-hydroxylation sites is 1. The molecule has 0 unspecified atom stereocenters. The molecule has 11 rings (SSSR count). The molecule has 2 heteroatoms. The first-order chi connectivity index (χ1) is 29.7. The summed E-state index contributed by atoms with van der Waals surface area (Å²) in [5.74, 6) is 0. The van der Waals surface area contributed by atoms with Crippen molar-refractivity contribution in [2.24, 2.45) is 0 Å². The summed E-state index contributed by atoms with van der Waals surface area (Å²) in [7, 11) is 0. The largest absolute Gasteiger partial charge is 0.455 e. The second-order valence-electron chi connectivity index (χ2n) is 15.3. The molecule has 0 aliphatic heterocycles. The average Bonchev–Trinajstić information content (AvgIpc) is 3.71. The van der Waals surface area contributed by atoms with Crippen LogP contribution in [-0.2, 0) is 0 Å². The molecule has 0 fully saturated rings. The Morgan fingerprint density at radius 3 is 1.32 bits per heavy atom. The first kappa shape index (κ1) is 35.2. The number of nitrogens with zero attached hydrogens (tertiary/aromatic N) is 1. The number of hydrogen-bond acceptors (Lipinski definition) is 2. The van der Waals surface area contributed by atoms with Gasteiger partial charge in [-0.15, -0.1) is 0 Å². The maximum Gasteiger partial charge on any atom is 0.143 e. The van der Waals surface area contributed by atoms with Crippen molar-refractivity contribution in [1.82, 2.24) is 0 Å². The minimum atomic E-state index is 0.891. The van der Waals surface area contributed by atoms with E-state index in [4.69, 9.17) is 4.42 Å². The Hall–Kier alpha value is -7.94. The minimum absolute atomic E-state index is 0.891. The number of hydrogen-bond donors (Lipinski definition) is 0. The van der Waals surface area contributed by atoms with Gasteiger partial charge in [-0.3, -0.25) is 0 Å². The van der Waals surface area contributed by atoms with Gasteiger partial charge >= 0.3 is 0 Å². The van der Waals surface area contributed by atoms with Crippen LogP contribution in [-0.4, -0.2) is 0 Å². The van der Waals surface area contributed by atoms with E-state index in [-0.39, 0.29) is 0 Å². The number of rotatable bonds is 8. The Morgan fingerprint density at radius 1 is 0.267 bits per heavy atom. The zero-order chi connectivity index (χ0) is 39.8. The minimum Gasteiger partial charge on any atom is -0.455 e. The molecule has 1 aromatic heterocycles. The normalized spacial score (nSPS) is 11.3. The van der Waals surface area contributed by atoms with Crippen LogP contribution in [0.1, 0.15) is 0 Å². The molecule has 0 radical (unpaired) electrons. The molecule has 2 nitrogen and oxygen atoms in total. The third-order valence-corrected chi connectivity index (χ3v) is 11.7. The smallest absolute Gasteiger partial charge is 0.143 e. The molecule has 282 valence electrons. The van der Waals surface area contributed by atoms with Crippen LogP contribution in [0, 0.1) is 0 Å². The maximum absolute atomic E-state index is 6.49. The van der Waals surface area contributed by atoms with Crippen LogP contribution < -0.4 is 4.90 Å². The van der Waals surface area contributed by atoms with Crippen molar-refractivity contribution in [3.8, 4) is 55.6 Å². The predicted octanol–water partition coefficient (Wildman–Crippen LogP) is 16.5. The highest BCUT2D eigenvalue weighted by atomic mass is 16.3. The number of benzene rings is 10. The second-order valence-corrected chi connectivity index (χ2v) is 15.3. The van der Waals surface area contributed by atoms with Gasteiger partial charge in [0.1, 0.15) is 11.2 Å². The van der Waals surface area contributed by atoms with Crippen LogP contribution in [0.15, 0.2) is 241 Å². The van der Waals surface area contributed by atoms with E-state index in [0.717, 1.165) is 61.3 Å². The molecule has 0 atom stereocenters. The highest BCUT2D eigenvalue weighted by Crippen LogP contribution is 2.41. The maximum atomic E-state index is 6.49. The van der Waals surface area contributed by atoms with Gasteiger partial charge in [0.15, 0.2) is 0 Å². The molecule has 0 N–H and O–H groups in total. The van der Waals surface area contributed by atoms with Crippen LogP contribution in [0.25, 0.3) is 88.3 Å². The summed E-state index contributed by atoms with van der Waals surface area (Å²) < 4.78 is 6.49. The van der Waals surface area contributed by atoms with E-state index in [1.165, 1.54) is 44.2 Å². The molecular weight excluding hydrogens is 727 g/mol. The third kappa shape index (κ3) is 6.51. The lowest BCUT2D eigenvalue weighted by atomic mass is 9.98. The average molecular weight is 766 g/mol. The molecule has 0 spiro atoms. The van der Waals surface area contributed by atoms with Gasteiger partial charge in [-0.2, -0.15) is 0 Å². The van der Waals surface area contributed by atoms with Crippen LogP contribution in [0.5, 0.6) is 0 Å². The van der Waals surface area contributed by atoms with Gasteiger partial charge in [-0.05, 0) is 109 Å². The first-order valence-electron chi connectivity index (χ1n) is 20.5. The number of fused-ring (bicyclic) bond motifs is 4. The van der Waals surface area contributed by atoms with Crippen molar-refractivity contribution in [2.45, 2.75) is 0 Å². The Balaban J connectivity index is 0.947. The van der Waals surface area contributed by atoms with E-state index in [0.29, 0.717) is 0 Å². The fourth-order valence-electron chi connectivity index (χ4n) is 8.63. The second kappa shape index (κ2) is 15.1. The zero-order valence-corrected chi connectivity index (χ0v) is 32.9. The molecule has 0 amide bonds. The summed E-state index contributed by atoms with van der Waals surface area (Å²) in [6.45, 7) is 0. The molecule has 0 aliphatic carbocycles. The lowest BCUT2D eigenvalue weighted by Crippen LogP contribution is -2.09. The summed E-state index contributed by atoms with van der Waals surface area (Å²) in [6, 6.07) is 84.7. The number of anilines is 3. The van der Waals surface area contributed by atoms with E-state index in [1.807, 2.05) is 6.07 Å². The van der Waals surface area contributed by atoms with E-state index in [1.54, 1.807) is 0 Å². The number of furan rings is 1. The lowest BCUT2D eigenvalue weighted by Gasteiger charge is -2.26. The van der Waals surface area contributed by atoms with Crippen LogP contribution in [0.4, 0.5) is 17.1 Å². The zero-order valence-electron chi connectivity index (χ0n) is 32.9. The van der Waals surface area contributed by atoms with Crippen molar-refractivity contribution in [3.05, 3.63) is 237 Å². The van der Waals surface area contributed by atoms with Crippen molar-refractivity contribution in [2.75, 3.05) is 4.90 Å². The van der Waals surface area contributed by atoms with Crippen molar-refractivity contribution >= 4 is 49.8 Å². The van der Waals surface area contributed by atoms with Gasteiger partial charge in [0, 0.05) is 33.4 Å². The standard InChI is InChI=1S/C58H39NO/c1-3-11-40(12-4-1)41-21-23-42(24-22-41)43-25-32-49(33-26-43)59(51-36-29-47(30-37-51)53-18-9-16-45-15-7-8-17-52(45)53)50-34-27-44(28-35-50)48-31-38-57-56(39-48)55-20-10-19-54(58(55)60-57)46-13-5-2-6-14-46/h1-39H. The van der Waals surface area contributed by atoms with Gasteiger partial charge in [0.05, 0.1) is 0 Å². The van der Waals surface area contributed by atoms with E-state index < -0.39 is 0 Å². The van der Waals surface area contributed by atoms with Crippen molar-refractivity contribution in [1.29, 1.82) is 0 Å². The molecule has 0 bridgehead atoms. The van der Waals surface area contributed by atoms with Gasteiger partial charge < -0.3 is 9.32 Å². The SMILES string of the molecule is c1ccc(-c2ccc(-c3ccc(N(c4ccc(-c5ccc6oc7c(-c8ccccc8)cccc7c6c5)cc4)c4ccc(-c5cccc6ccccc56)cc4)cc3)cc2)cc1. The quantitative estimate of drug-likeness (QED) is 0.153. The monoisotopic (exact) mass is 765 g/mol. The Kier molecular flexibility index (Phi) is 8.87. The molecule has 60 heavy (non-hydrogen) atoms. The van der Waals surface area contributed by atoms with Gasteiger partial charge in [0.2, 0.25) is 0 Å². The third-order valence-electron chi connectivity index (χ3n) is 11.7. The van der Waals surface area contributed by atoms with Crippen LogP contribution in [0.2, 0.25) is 0 Å². The van der Waals surface area contributed by atoms with Crippen molar-refractivity contribution in [3.63, 3.8) is 0 Å². The molecule has 1 heterocycles. The Morgan fingerprint density at radius 2 is 0.683 bits per heavy atom. The highest BCUT2D eigenvalue weighted by molar-refractivity contribution is 6.10. The van der Waals surface area contributed by atoms with Gasteiger partial charge in [0.25, 0.3) is 0 Å². The van der Waals surface area contributed by atoms with E-state index in [2.05, 4.69) is 235 Å². The topological polar surface area (TPSA) is 16.4 Å². The molecule has 11 aromatic rings. The fraction of sp³-hybridized carbons (Fsp3) is 0. The van der Waals surface area contributed by atoms with Crippen LogP contribution in [0.3, 0.4) is 0 Å². The molecule has 10 aromatic carbocycles. The van der Waals surface area contributed by atoms with Gasteiger partial charge in [-0.1, -0.05) is 188 Å². The fourth-order valence-corrected chi connectivity index (χ4v) is 8.63. The molecule has 0 saturated heterocycles. The highest BCUT2D eigenvalue weighted by Gasteiger charge is 2.16. The lowest BCUT2D eigenvalue weighted by molar-refractivity contribution is 0.670.